The zero-order valence-corrected chi connectivity index (χ0v) is 12.7. The second-order valence-electron chi connectivity index (χ2n) is 5.33. The summed E-state index contributed by atoms with van der Waals surface area (Å²) in [4.78, 5) is 13.7. The van der Waals surface area contributed by atoms with E-state index < -0.39 is 21.7 Å². The monoisotopic (exact) mass is 314 g/mol. The van der Waals surface area contributed by atoms with E-state index in [-0.39, 0.29) is 10.5 Å². The molecule has 0 aliphatic heterocycles. The molecule has 1 aliphatic rings. The number of nitrogens with zero attached hydrogens (tertiary/aromatic N) is 1. The lowest BCUT2D eigenvalue weighted by Gasteiger charge is -2.32. The Bertz CT molecular complexity index is 642. The molecule has 1 fully saturated rings. The van der Waals surface area contributed by atoms with E-state index in [1.54, 1.807) is 4.90 Å². The molecule has 1 aromatic carbocycles. The topological polar surface area (TPSA) is 80.5 Å². The summed E-state index contributed by atoms with van der Waals surface area (Å²) in [7, 11) is -4.07. The van der Waals surface area contributed by atoms with Crippen molar-refractivity contribution < 1.29 is 17.6 Å². The zero-order valence-electron chi connectivity index (χ0n) is 11.9. The molecule has 21 heavy (non-hydrogen) atoms. The first-order valence-corrected chi connectivity index (χ1v) is 8.49. The smallest absolute Gasteiger partial charge is 0.255 e. The molecule has 0 spiro atoms. The molecule has 1 amide bonds. The minimum Gasteiger partial charge on any atom is -0.339 e. The SMILES string of the molecule is CCN(CC1CCC1)C(=O)c1cc(F)ccc1S(N)(=O)=O. The number of hydrogen-bond acceptors (Lipinski definition) is 3. The first kappa shape index (κ1) is 15.9. The molecule has 0 radical (unpaired) electrons. The number of primary sulfonamides is 1. The van der Waals surface area contributed by atoms with Gasteiger partial charge in [0, 0.05) is 13.1 Å². The minimum atomic E-state index is -4.07. The van der Waals surface area contributed by atoms with Gasteiger partial charge in [0.15, 0.2) is 0 Å². The standard InChI is InChI=1S/C14H19FN2O3S/c1-2-17(9-10-4-3-5-10)14(18)12-8-11(15)6-7-13(12)21(16,19)20/h6-8,10H,2-5,9H2,1H3,(H2,16,19,20). The van der Waals surface area contributed by atoms with Crippen molar-refractivity contribution in [2.75, 3.05) is 13.1 Å². The molecule has 0 unspecified atom stereocenters. The van der Waals surface area contributed by atoms with Gasteiger partial charge in [-0.15, -0.1) is 0 Å². The Kier molecular flexibility index (Phi) is 4.63. The Morgan fingerprint density at radius 2 is 2.10 bits per heavy atom. The maximum atomic E-state index is 13.4. The highest BCUT2D eigenvalue weighted by Gasteiger charge is 2.27. The van der Waals surface area contributed by atoms with Crippen molar-refractivity contribution in [2.45, 2.75) is 31.1 Å². The molecule has 5 nitrogen and oxygen atoms in total. The number of halogens is 1. The number of hydrogen-bond donors (Lipinski definition) is 1. The predicted octanol–water partition coefficient (Wildman–Crippen LogP) is 1.74. The minimum absolute atomic E-state index is 0.196. The van der Waals surface area contributed by atoms with Crippen molar-refractivity contribution in [1.29, 1.82) is 0 Å². The van der Waals surface area contributed by atoms with Gasteiger partial charge in [-0.2, -0.15) is 0 Å². The van der Waals surface area contributed by atoms with Gasteiger partial charge in [-0.3, -0.25) is 4.79 Å². The van der Waals surface area contributed by atoms with Crippen LogP contribution in [-0.4, -0.2) is 32.3 Å². The molecule has 2 N–H and O–H groups in total. The maximum Gasteiger partial charge on any atom is 0.255 e. The third-order valence-electron chi connectivity index (χ3n) is 3.85. The van der Waals surface area contributed by atoms with Gasteiger partial charge in [-0.1, -0.05) is 6.42 Å². The summed E-state index contributed by atoms with van der Waals surface area (Å²) in [5.41, 5.74) is -0.196. The van der Waals surface area contributed by atoms with Gasteiger partial charge >= 0.3 is 0 Å². The summed E-state index contributed by atoms with van der Waals surface area (Å²) in [5.74, 6) is -0.709. The van der Waals surface area contributed by atoms with Crippen molar-refractivity contribution >= 4 is 15.9 Å². The highest BCUT2D eigenvalue weighted by molar-refractivity contribution is 7.89. The van der Waals surface area contributed by atoms with Crippen LogP contribution in [0, 0.1) is 11.7 Å². The van der Waals surface area contributed by atoms with Crippen LogP contribution in [0.3, 0.4) is 0 Å². The van der Waals surface area contributed by atoms with Crippen LogP contribution in [0.5, 0.6) is 0 Å². The molecule has 1 aliphatic carbocycles. The number of carbonyl (C=O) groups is 1. The third-order valence-corrected chi connectivity index (χ3v) is 4.82. The molecule has 1 saturated carbocycles. The average molecular weight is 314 g/mol. The molecule has 0 aromatic heterocycles. The summed E-state index contributed by atoms with van der Waals surface area (Å²) in [5, 5.41) is 5.10. The van der Waals surface area contributed by atoms with E-state index in [1.807, 2.05) is 6.92 Å². The van der Waals surface area contributed by atoms with E-state index in [4.69, 9.17) is 5.14 Å². The zero-order chi connectivity index (χ0) is 15.6. The van der Waals surface area contributed by atoms with Gasteiger partial charge in [0.1, 0.15) is 5.82 Å². The largest absolute Gasteiger partial charge is 0.339 e. The molecule has 0 saturated heterocycles. The molecule has 0 heterocycles. The number of amides is 1. The molecular formula is C14H19FN2O3S. The summed E-state index contributed by atoms with van der Waals surface area (Å²) in [6.45, 7) is 2.82. The van der Waals surface area contributed by atoms with Crippen LogP contribution in [-0.2, 0) is 10.0 Å². The van der Waals surface area contributed by atoms with Gasteiger partial charge in [0.2, 0.25) is 10.0 Å². The van der Waals surface area contributed by atoms with E-state index in [9.17, 15) is 17.6 Å². The summed E-state index contributed by atoms with van der Waals surface area (Å²) in [6, 6.07) is 2.96. The number of benzene rings is 1. The van der Waals surface area contributed by atoms with Crippen LogP contribution in [0.2, 0.25) is 0 Å². The number of rotatable bonds is 5. The van der Waals surface area contributed by atoms with Gasteiger partial charge in [0.05, 0.1) is 10.5 Å². The van der Waals surface area contributed by atoms with Crippen molar-refractivity contribution in [3.8, 4) is 0 Å². The third kappa shape index (κ3) is 3.59. The van der Waals surface area contributed by atoms with Gasteiger partial charge in [0.25, 0.3) is 5.91 Å². The van der Waals surface area contributed by atoms with Crippen LogP contribution in [0.25, 0.3) is 0 Å². The fourth-order valence-corrected chi connectivity index (χ4v) is 3.14. The molecule has 0 atom stereocenters. The highest BCUT2D eigenvalue weighted by Crippen LogP contribution is 2.28. The molecule has 2 rings (SSSR count). The Balaban J connectivity index is 2.34. The van der Waals surface area contributed by atoms with Crippen LogP contribution in [0.15, 0.2) is 23.1 Å². The van der Waals surface area contributed by atoms with Gasteiger partial charge in [-0.25, -0.2) is 17.9 Å². The molecule has 7 heteroatoms. The maximum absolute atomic E-state index is 13.4. The van der Waals surface area contributed by atoms with E-state index in [0.29, 0.717) is 19.0 Å². The van der Waals surface area contributed by atoms with Gasteiger partial charge < -0.3 is 4.90 Å². The van der Waals surface area contributed by atoms with E-state index in [2.05, 4.69) is 0 Å². The first-order valence-electron chi connectivity index (χ1n) is 6.94. The number of sulfonamides is 1. The fourth-order valence-electron chi connectivity index (χ4n) is 2.43. The van der Waals surface area contributed by atoms with Crippen molar-refractivity contribution in [3.05, 3.63) is 29.6 Å². The van der Waals surface area contributed by atoms with Crippen LogP contribution >= 0.6 is 0 Å². The van der Waals surface area contributed by atoms with E-state index >= 15 is 0 Å². The second kappa shape index (κ2) is 6.11. The Morgan fingerprint density at radius 3 is 2.57 bits per heavy atom. The lowest BCUT2D eigenvalue weighted by atomic mass is 9.85. The first-order chi connectivity index (χ1) is 9.82. The summed E-state index contributed by atoms with van der Waals surface area (Å²) in [6.07, 6.45) is 3.28. The summed E-state index contributed by atoms with van der Waals surface area (Å²) >= 11 is 0. The molecular weight excluding hydrogens is 295 g/mol. The van der Waals surface area contributed by atoms with E-state index in [1.165, 1.54) is 0 Å². The van der Waals surface area contributed by atoms with Crippen LogP contribution in [0.4, 0.5) is 4.39 Å². The second-order valence-corrected chi connectivity index (χ2v) is 6.86. The van der Waals surface area contributed by atoms with Gasteiger partial charge in [-0.05, 0) is 43.9 Å². The normalized spacial score (nSPS) is 15.6. The summed E-state index contributed by atoms with van der Waals surface area (Å²) < 4.78 is 36.5. The Morgan fingerprint density at radius 1 is 1.43 bits per heavy atom. The van der Waals surface area contributed by atoms with Crippen molar-refractivity contribution in [3.63, 3.8) is 0 Å². The van der Waals surface area contributed by atoms with Crippen molar-refractivity contribution in [1.82, 2.24) is 4.90 Å². The van der Waals surface area contributed by atoms with Crippen LogP contribution in [0.1, 0.15) is 36.5 Å². The average Bonchev–Trinajstić information content (AvgIpc) is 2.35. The fraction of sp³-hybridized carbons (Fsp3) is 0.500. The lowest BCUT2D eigenvalue weighted by Crippen LogP contribution is -2.38. The number of carbonyl (C=O) groups excluding carboxylic acids is 1. The predicted molar refractivity (Wildman–Crippen MR) is 76.7 cm³/mol. The highest BCUT2D eigenvalue weighted by atomic mass is 32.2. The molecule has 116 valence electrons. The number of nitrogens with two attached hydrogens (primary N) is 1. The Hall–Kier alpha value is -1.47. The van der Waals surface area contributed by atoms with E-state index in [0.717, 1.165) is 37.5 Å². The molecule has 0 bridgehead atoms. The van der Waals surface area contributed by atoms with Crippen molar-refractivity contribution in [2.24, 2.45) is 11.1 Å². The quantitative estimate of drug-likeness (QED) is 0.899. The molecule has 1 aromatic rings. The Labute approximate surface area is 124 Å². The van der Waals surface area contributed by atoms with Crippen LogP contribution < -0.4 is 5.14 Å². The lowest BCUT2D eigenvalue weighted by molar-refractivity contribution is 0.0702.